The Morgan fingerprint density at radius 3 is 2.21 bits per heavy atom. The van der Waals surface area contributed by atoms with E-state index >= 15 is 0 Å². The molecule has 0 N–H and O–H groups in total. The fourth-order valence-electron chi connectivity index (χ4n) is 3.42. The lowest BCUT2D eigenvalue weighted by Gasteiger charge is -2.32. The van der Waals surface area contributed by atoms with E-state index in [2.05, 4.69) is 32.7 Å². The van der Waals surface area contributed by atoms with Crippen LogP contribution in [0.1, 0.15) is 27.7 Å². The van der Waals surface area contributed by atoms with Gasteiger partial charge >= 0.3 is 7.12 Å². The second-order valence-corrected chi connectivity index (χ2v) is 8.21. The molecule has 0 aliphatic carbocycles. The first kappa shape index (κ1) is 17.4. The Labute approximate surface area is 163 Å². The van der Waals surface area contributed by atoms with E-state index in [1.165, 1.54) is 0 Å². The molecule has 5 rings (SSSR count). The van der Waals surface area contributed by atoms with Gasteiger partial charge in [0.1, 0.15) is 11.1 Å². The molecule has 0 saturated carbocycles. The number of aromatic nitrogens is 2. The number of nitrogens with zero attached hydrogens (tertiary/aromatic N) is 2. The number of para-hydroxylation sites is 1. The number of rotatable bonds is 2. The molecular formula is C22H21BN2O3. The third kappa shape index (κ3) is 2.64. The second kappa shape index (κ2) is 5.90. The second-order valence-electron chi connectivity index (χ2n) is 8.21. The van der Waals surface area contributed by atoms with Crippen molar-refractivity contribution in [3.63, 3.8) is 0 Å². The molecule has 1 aliphatic heterocycles. The van der Waals surface area contributed by atoms with Crippen molar-refractivity contribution in [3.8, 4) is 11.4 Å². The van der Waals surface area contributed by atoms with Gasteiger partial charge in [0.2, 0.25) is 0 Å². The summed E-state index contributed by atoms with van der Waals surface area (Å²) >= 11 is 0. The predicted octanol–water partition coefficient (Wildman–Crippen LogP) is 4.34. The largest absolute Gasteiger partial charge is 0.494 e. The molecule has 0 bridgehead atoms. The van der Waals surface area contributed by atoms with Crippen molar-refractivity contribution in [2.24, 2.45) is 0 Å². The third-order valence-corrected chi connectivity index (χ3v) is 5.81. The minimum Gasteiger partial charge on any atom is -0.453 e. The monoisotopic (exact) mass is 372 g/mol. The smallest absolute Gasteiger partial charge is 0.453 e. The summed E-state index contributed by atoms with van der Waals surface area (Å²) in [5.41, 5.74) is 3.55. The zero-order valence-electron chi connectivity index (χ0n) is 16.4. The molecule has 2 aromatic carbocycles. The summed E-state index contributed by atoms with van der Waals surface area (Å²) in [6, 6.07) is 15.9. The van der Waals surface area contributed by atoms with Crippen LogP contribution in [-0.2, 0) is 9.31 Å². The van der Waals surface area contributed by atoms with Crippen LogP contribution in [0.15, 0.2) is 59.1 Å². The Morgan fingerprint density at radius 1 is 0.821 bits per heavy atom. The topological polar surface area (TPSA) is 57.4 Å². The van der Waals surface area contributed by atoms with Gasteiger partial charge < -0.3 is 13.7 Å². The fourth-order valence-corrected chi connectivity index (χ4v) is 3.42. The number of hydrogen-bond acceptors (Lipinski definition) is 5. The molecular weight excluding hydrogens is 351 g/mol. The first-order valence-electron chi connectivity index (χ1n) is 9.44. The fraction of sp³-hybridized carbons (Fsp3) is 0.273. The van der Waals surface area contributed by atoms with Gasteiger partial charge in [-0.15, -0.1) is 0 Å². The van der Waals surface area contributed by atoms with E-state index in [9.17, 15) is 0 Å². The van der Waals surface area contributed by atoms with Crippen LogP contribution >= 0.6 is 0 Å². The Bertz CT molecular complexity index is 1170. The lowest BCUT2D eigenvalue weighted by atomic mass is 9.79. The van der Waals surface area contributed by atoms with Crippen LogP contribution in [0.2, 0.25) is 0 Å². The number of fused-ring (bicyclic) bond motifs is 3. The summed E-state index contributed by atoms with van der Waals surface area (Å²) in [5, 5.41) is 0.995. The molecule has 0 unspecified atom stereocenters. The van der Waals surface area contributed by atoms with Crippen LogP contribution in [0, 0.1) is 0 Å². The van der Waals surface area contributed by atoms with E-state index in [4.69, 9.17) is 18.7 Å². The molecule has 3 heterocycles. The Morgan fingerprint density at radius 2 is 1.50 bits per heavy atom. The van der Waals surface area contributed by atoms with Crippen LogP contribution < -0.4 is 5.46 Å². The molecule has 5 nitrogen and oxygen atoms in total. The summed E-state index contributed by atoms with van der Waals surface area (Å²) in [6.07, 6.45) is 1.74. The van der Waals surface area contributed by atoms with Crippen molar-refractivity contribution in [1.29, 1.82) is 0 Å². The lowest BCUT2D eigenvalue weighted by Crippen LogP contribution is -2.41. The van der Waals surface area contributed by atoms with Crippen molar-refractivity contribution < 1.29 is 13.7 Å². The summed E-state index contributed by atoms with van der Waals surface area (Å²) in [6.45, 7) is 8.22. The van der Waals surface area contributed by atoms with Gasteiger partial charge in [-0.1, -0.05) is 36.4 Å². The van der Waals surface area contributed by atoms with Crippen LogP contribution in [0.5, 0.6) is 0 Å². The molecule has 0 spiro atoms. The maximum atomic E-state index is 6.13. The van der Waals surface area contributed by atoms with Crippen LogP contribution in [0.3, 0.4) is 0 Å². The van der Waals surface area contributed by atoms with Crippen molar-refractivity contribution in [1.82, 2.24) is 9.97 Å². The van der Waals surface area contributed by atoms with Crippen molar-refractivity contribution in [2.45, 2.75) is 38.9 Å². The van der Waals surface area contributed by atoms with Gasteiger partial charge in [-0.25, -0.2) is 9.97 Å². The predicted molar refractivity (Wildman–Crippen MR) is 110 cm³/mol. The zero-order chi connectivity index (χ0) is 19.5. The standard InChI is InChI=1S/C22H21BN2O3/c1-21(2)22(3,4)28-23(27-21)15-11-9-14(10-12-15)20-24-13-18-19(25-20)16-7-5-6-8-17(16)26-18/h5-13H,1-4H3. The van der Waals surface area contributed by atoms with Gasteiger partial charge in [0.15, 0.2) is 11.4 Å². The molecule has 28 heavy (non-hydrogen) atoms. The van der Waals surface area contributed by atoms with E-state index in [0.717, 1.165) is 27.5 Å². The summed E-state index contributed by atoms with van der Waals surface area (Å²) < 4.78 is 18.1. The van der Waals surface area contributed by atoms with E-state index in [1.807, 2.05) is 48.5 Å². The average Bonchev–Trinajstić information content (AvgIpc) is 3.15. The molecule has 2 aromatic heterocycles. The maximum Gasteiger partial charge on any atom is 0.494 e. The van der Waals surface area contributed by atoms with Gasteiger partial charge in [0.25, 0.3) is 0 Å². The maximum absolute atomic E-state index is 6.13. The van der Waals surface area contributed by atoms with Crippen molar-refractivity contribution >= 4 is 34.7 Å². The normalized spacial score (nSPS) is 18.2. The van der Waals surface area contributed by atoms with Gasteiger partial charge in [-0.05, 0) is 45.3 Å². The van der Waals surface area contributed by atoms with Crippen molar-refractivity contribution in [3.05, 3.63) is 54.7 Å². The highest BCUT2D eigenvalue weighted by Crippen LogP contribution is 2.36. The van der Waals surface area contributed by atoms with Gasteiger partial charge in [-0.2, -0.15) is 0 Å². The zero-order valence-corrected chi connectivity index (χ0v) is 16.4. The summed E-state index contributed by atoms with van der Waals surface area (Å²) in [5.74, 6) is 0.666. The summed E-state index contributed by atoms with van der Waals surface area (Å²) in [4.78, 5) is 9.22. The molecule has 0 atom stereocenters. The molecule has 0 radical (unpaired) electrons. The lowest BCUT2D eigenvalue weighted by molar-refractivity contribution is 0.00578. The SMILES string of the molecule is CC1(C)OB(c2ccc(-c3ncc4oc5ccccc5c4n3)cc2)OC1(C)C. The van der Waals surface area contributed by atoms with E-state index < -0.39 is 0 Å². The van der Waals surface area contributed by atoms with E-state index in [-0.39, 0.29) is 18.3 Å². The highest BCUT2D eigenvalue weighted by atomic mass is 16.7. The highest BCUT2D eigenvalue weighted by Gasteiger charge is 2.51. The van der Waals surface area contributed by atoms with E-state index in [1.54, 1.807) is 6.20 Å². The minimum atomic E-state index is -0.375. The molecule has 1 fully saturated rings. The quantitative estimate of drug-likeness (QED) is 0.490. The van der Waals surface area contributed by atoms with E-state index in [0.29, 0.717) is 11.4 Å². The molecule has 4 aromatic rings. The number of benzene rings is 2. The first-order chi connectivity index (χ1) is 13.3. The highest BCUT2D eigenvalue weighted by molar-refractivity contribution is 6.62. The van der Waals surface area contributed by atoms with Gasteiger partial charge in [0.05, 0.1) is 17.4 Å². The Hall–Kier alpha value is -2.70. The summed E-state index contributed by atoms with van der Waals surface area (Å²) in [7, 11) is -0.375. The Kier molecular flexibility index (Phi) is 3.67. The Balaban J connectivity index is 1.48. The van der Waals surface area contributed by atoms with Crippen LogP contribution in [-0.4, -0.2) is 28.3 Å². The number of hydrogen-bond donors (Lipinski definition) is 0. The molecule has 6 heteroatoms. The van der Waals surface area contributed by atoms with Crippen LogP contribution in [0.4, 0.5) is 0 Å². The minimum absolute atomic E-state index is 0.354. The van der Waals surface area contributed by atoms with Gasteiger partial charge in [-0.3, -0.25) is 0 Å². The van der Waals surface area contributed by atoms with Crippen molar-refractivity contribution in [2.75, 3.05) is 0 Å². The molecule has 140 valence electrons. The first-order valence-corrected chi connectivity index (χ1v) is 9.44. The third-order valence-electron chi connectivity index (χ3n) is 5.81. The number of furan rings is 1. The molecule has 0 amide bonds. The molecule has 1 saturated heterocycles. The van der Waals surface area contributed by atoms with Crippen LogP contribution in [0.25, 0.3) is 33.5 Å². The average molecular weight is 372 g/mol. The molecule has 1 aliphatic rings. The van der Waals surface area contributed by atoms with Gasteiger partial charge in [0, 0.05) is 10.9 Å².